The third-order valence-corrected chi connectivity index (χ3v) is 5.89. The fraction of sp³-hybridized carbons (Fsp3) is 0.962. The molecule has 4 nitrogen and oxygen atoms in total. The largest absolute Gasteiger partial charge is 0.462 e. The smallest absolute Gasteiger partial charge is 0.306 e. The van der Waals surface area contributed by atoms with Gasteiger partial charge in [-0.15, -0.1) is 0 Å². The van der Waals surface area contributed by atoms with E-state index in [1.54, 1.807) is 0 Å². The van der Waals surface area contributed by atoms with E-state index >= 15 is 0 Å². The number of aliphatic hydroxyl groups is 2. The van der Waals surface area contributed by atoms with Gasteiger partial charge < -0.3 is 14.9 Å². The molecule has 0 amide bonds. The maximum Gasteiger partial charge on any atom is 0.306 e. The first-order valence-electron chi connectivity index (χ1n) is 13.2. The molecule has 0 unspecified atom stereocenters. The molecule has 0 fully saturated rings. The lowest BCUT2D eigenvalue weighted by Gasteiger charge is -2.19. The second kappa shape index (κ2) is 23.1. The van der Waals surface area contributed by atoms with Crippen LogP contribution in [0.5, 0.6) is 0 Å². The van der Waals surface area contributed by atoms with Crippen LogP contribution in [0.25, 0.3) is 0 Å². The Bertz CT molecular complexity index is 357. The van der Waals surface area contributed by atoms with Crippen LogP contribution in [0.4, 0.5) is 0 Å². The van der Waals surface area contributed by atoms with Gasteiger partial charge in [-0.25, -0.2) is 0 Å². The molecule has 0 saturated heterocycles. The van der Waals surface area contributed by atoms with Crippen molar-refractivity contribution in [2.24, 2.45) is 0 Å². The van der Waals surface area contributed by atoms with Crippen LogP contribution in [-0.4, -0.2) is 28.6 Å². The molecule has 0 aromatic rings. The number of ether oxygens (including phenoxy) is 1. The number of carbonyl (C=O) groups is 1. The van der Waals surface area contributed by atoms with Crippen molar-refractivity contribution in [1.82, 2.24) is 0 Å². The molecule has 0 heterocycles. The van der Waals surface area contributed by atoms with Crippen LogP contribution in [0, 0.1) is 0 Å². The molecule has 1 atom stereocenters. The molecule has 0 rings (SSSR count). The standard InChI is InChI=1S/C26H52O4/c1-3-5-7-9-11-13-15-17-19-21-24(23-25(27)28)30-26(29)22-20-18-16-14-12-10-8-6-4-2/h24-25,27-28H,3-23H2,1-2H3/t24-/m1/s1. The minimum absolute atomic E-state index is 0.126. The van der Waals surface area contributed by atoms with Gasteiger partial charge >= 0.3 is 5.97 Å². The quantitative estimate of drug-likeness (QED) is 0.101. The molecule has 0 aliphatic rings. The molecule has 180 valence electrons. The second-order valence-corrected chi connectivity index (χ2v) is 9.02. The minimum atomic E-state index is -1.41. The van der Waals surface area contributed by atoms with E-state index in [9.17, 15) is 15.0 Å². The predicted octanol–water partition coefficient (Wildman–Crippen LogP) is 7.44. The summed E-state index contributed by atoms with van der Waals surface area (Å²) in [5.74, 6) is -0.181. The Morgan fingerprint density at radius 3 is 1.47 bits per heavy atom. The lowest BCUT2D eigenvalue weighted by Crippen LogP contribution is -2.23. The average Bonchev–Trinajstić information content (AvgIpc) is 2.70. The van der Waals surface area contributed by atoms with Gasteiger partial charge in [-0.1, -0.05) is 117 Å². The number of rotatable bonds is 23. The van der Waals surface area contributed by atoms with E-state index in [2.05, 4.69) is 13.8 Å². The van der Waals surface area contributed by atoms with E-state index in [1.807, 2.05) is 0 Å². The molecular weight excluding hydrogens is 376 g/mol. The van der Waals surface area contributed by atoms with Crippen molar-refractivity contribution < 1.29 is 19.7 Å². The molecule has 30 heavy (non-hydrogen) atoms. The van der Waals surface area contributed by atoms with Gasteiger partial charge in [0.1, 0.15) is 6.10 Å². The van der Waals surface area contributed by atoms with Gasteiger partial charge in [-0.2, -0.15) is 0 Å². The highest BCUT2D eigenvalue weighted by atomic mass is 16.5. The van der Waals surface area contributed by atoms with Crippen LogP contribution in [0.15, 0.2) is 0 Å². The van der Waals surface area contributed by atoms with E-state index in [0.29, 0.717) is 6.42 Å². The Morgan fingerprint density at radius 1 is 0.633 bits per heavy atom. The molecule has 4 heteroatoms. The number of unbranched alkanes of at least 4 members (excludes halogenated alkanes) is 16. The molecule has 0 aliphatic carbocycles. The van der Waals surface area contributed by atoms with Crippen molar-refractivity contribution in [3.05, 3.63) is 0 Å². The van der Waals surface area contributed by atoms with Gasteiger partial charge in [0, 0.05) is 12.8 Å². The average molecular weight is 429 g/mol. The lowest BCUT2D eigenvalue weighted by atomic mass is 10.0. The Morgan fingerprint density at radius 2 is 1.03 bits per heavy atom. The lowest BCUT2D eigenvalue weighted by molar-refractivity contribution is -0.154. The molecule has 0 aliphatic heterocycles. The predicted molar refractivity (Wildman–Crippen MR) is 126 cm³/mol. The van der Waals surface area contributed by atoms with Gasteiger partial charge in [0.25, 0.3) is 0 Å². The fourth-order valence-corrected chi connectivity index (χ4v) is 3.97. The summed E-state index contributed by atoms with van der Waals surface area (Å²) in [5.41, 5.74) is 0. The number of hydrogen-bond donors (Lipinski definition) is 2. The summed E-state index contributed by atoms with van der Waals surface area (Å²) in [6, 6.07) is 0. The van der Waals surface area contributed by atoms with Crippen molar-refractivity contribution in [1.29, 1.82) is 0 Å². The van der Waals surface area contributed by atoms with Crippen molar-refractivity contribution in [2.45, 2.75) is 161 Å². The van der Waals surface area contributed by atoms with E-state index in [-0.39, 0.29) is 18.5 Å². The number of hydrogen-bond acceptors (Lipinski definition) is 4. The first kappa shape index (κ1) is 29.4. The van der Waals surface area contributed by atoms with Crippen molar-refractivity contribution >= 4 is 5.97 Å². The second-order valence-electron chi connectivity index (χ2n) is 9.02. The topological polar surface area (TPSA) is 66.8 Å². The van der Waals surface area contributed by atoms with Crippen LogP contribution in [0.1, 0.15) is 149 Å². The number of carbonyl (C=O) groups excluding carboxylic acids is 1. The SMILES string of the molecule is CCCCCCCCCCCC(=O)O[C@H](CCCCCCCCCCC)CC(O)O. The summed E-state index contributed by atoms with van der Waals surface area (Å²) in [6.45, 7) is 4.48. The van der Waals surface area contributed by atoms with E-state index in [1.165, 1.54) is 89.9 Å². The fourth-order valence-electron chi connectivity index (χ4n) is 3.97. The van der Waals surface area contributed by atoms with Crippen molar-refractivity contribution in [2.75, 3.05) is 0 Å². The van der Waals surface area contributed by atoms with Crippen LogP contribution in [0.2, 0.25) is 0 Å². The van der Waals surface area contributed by atoms with Gasteiger partial charge in [-0.3, -0.25) is 4.79 Å². The highest BCUT2D eigenvalue weighted by molar-refractivity contribution is 5.69. The molecule has 0 spiro atoms. The third kappa shape index (κ3) is 22.1. The zero-order valence-electron chi connectivity index (χ0n) is 20.2. The zero-order chi connectivity index (χ0) is 22.3. The van der Waals surface area contributed by atoms with Crippen LogP contribution in [-0.2, 0) is 9.53 Å². The van der Waals surface area contributed by atoms with Gasteiger partial charge in [0.15, 0.2) is 6.29 Å². The molecule has 0 bridgehead atoms. The Kier molecular flexibility index (Phi) is 22.6. The van der Waals surface area contributed by atoms with Crippen LogP contribution >= 0.6 is 0 Å². The Labute approximate surface area is 187 Å². The van der Waals surface area contributed by atoms with Gasteiger partial charge in [0.05, 0.1) is 0 Å². The first-order chi connectivity index (χ1) is 14.6. The molecule has 0 aromatic heterocycles. The van der Waals surface area contributed by atoms with Crippen molar-refractivity contribution in [3.63, 3.8) is 0 Å². The molecule has 0 saturated carbocycles. The molecule has 0 radical (unpaired) electrons. The van der Waals surface area contributed by atoms with Crippen LogP contribution in [0.3, 0.4) is 0 Å². The maximum atomic E-state index is 12.1. The molecule has 2 N–H and O–H groups in total. The van der Waals surface area contributed by atoms with Crippen molar-refractivity contribution in [3.8, 4) is 0 Å². The zero-order valence-corrected chi connectivity index (χ0v) is 20.2. The normalized spacial score (nSPS) is 12.4. The summed E-state index contributed by atoms with van der Waals surface area (Å²) >= 11 is 0. The number of esters is 1. The summed E-state index contributed by atoms with van der Waals surface area (Å²) in [5, 5.41) is 18.6. The van der Waals surface area contributed by atoms with Gasteiger partial charge in [0.2, 0.25) is 0 Å². The highest BCUT2D eigenvalue weighted by Crippen LogP contribution is 2.16. The van der Waals surface area contributed by atoms with E-state index < -0.39 is 6.29 Å². The summed E-state index contributed by atoms with van der Waals surface area (Å²) in [6.07, 6.45) is 21.8. The van der Waals surface area contributed by atoms with E-state index in [0.717, 1.165) is 32.1 Å². The molecule has 0 aromatic carbocycles. The summed E-state index contributed by atoms with van der Waals surface area (Å²) in [7, 11) is 0. The Balaban J connectivity index is 3.74. The highest BCUT2D eigenvalue weighted by Gasteiger charge is 2.17. The minimum Gasteiger partial charge on any atom is -0.462 e. The maximum absolute atomic E-state index is 12.1. The van der Waals surface area contributed by atoms with Crippen LogP contribution < -0.4 is 0 Å². The monoisotopic (exact) mass is 428 g/mol. The van der Waals surface area contributed by atoms with Gasteiger partial charge in [-0.05, 0) is 19.3 Å². The Hall–Kier alpha value is -0.610. The number of aliphatic hydroxyl groups excluding tert-OH is 1. The third-order valence-electron chi connectivity index (χ3n) is 5.89. The summed E-state index contributed by atoms with van der Waals surface area (Å²) < 4.78 is 5.55. The molecular formula is C26H52O4. The summed E-state index contributed by atoms with van der Waals surface area (Å²) in [4.78, 5) is 12.1. The van der Waals surface area contributed by atoms with E-state index in [4.69, 9.17) is 4.74 Å². The first-order valence-corrected chi connectivity index (χ1v) is 13.2.